The van der Waals surface area contributed by atoms with Gasteiger partial charge < -0.3 is 21.3 Å². The number of amides is 1. The van der Waals surface area contributed by atoms with Crippen LogP contribution in [-0.4, -0.2) is 53.4 Å². The molecule has 6 nitrogen and oxygen atoms in total. The predicted octanol–water partition coefficient (Wildman–Crippen LogP) is 0.536. The van der Waals surface area contributed by atoms with Crippen LogP contribution in [-0.2, 0) is 4.79 Å². The number of carbonyl (C=O) groups is 1. The molecule has 1 unspecified atom stereocenters. The molecule has 0 aliphatic heterocycles. The summed E-state index contributed by atoms with van der Waals surface area (Å²) in [5.74, 6) is -0.277. The Bertz CT molecular complexity index is 450. The minimum atomic E-state index is -0.507. The van der Waals surface area contributed by atoms with E-state index in [4.69, 9.17) is 27.5 Å². The maximum Gasteiger partial charge on any atom is 0.241 e. The van der Waals surface area contributed by atoms with E-state index in [0.29, 0.717) is 29.5 Å². The van der Waals surface area contributed by atoms with Gasteiger partial charge in [-0.2, -0.15) is 0 Å². The molecule has 5 N–H and O–H groups in total. The lowest BCUT2D eigenvalue weighted by atomic mass is 10.2. The monoisotopic (exact) mass is 301 g/mol. The molecule has 1 aromatic carbocycles. The number of nitrogens with zero attached hydrogens (tertiary/aromatic N) is 1. The standard InChI is InChI=1S/C13H20ClN3O3/c1-9(17(4-6-18)5-7-19)13(20)16-12-8-10(14)2-3-11(12)15/h2-3,8-9,18-19H,4-7,15H2,1H3,(H,16,20). The molecular weight excluding hydrogens is 282 g/mol. The van der Waals surface area contributed by atoms with E-state index in [1.165, 1.54) is 0 Å². The van der Waals surface area contributed by atoms with E-state index in [9.17, 15) is 4.79 Å². The number of nitrogens with one attached hydrogen (secondary N) is 1. The van der Waals surface area contributed by atoms with Gasteiger partial charge in [-0.25, -0.2) is 0 Å². The molecule has 0 aromatic heterocycles. The van der Waals surface area contributed by atoms with Gasteiger partial charge in [0.05, 0.1) is 30.6 Å². The fourth-order valence-electron chi connectivity index (χ4n) is 1.80. The summed E-state index contributed by atoms with van der Waals surface area (Å²) in [4.78, 5) is 13.8. The molecule has 0 aliphatic rings. The molecular formula is C13H20ClN3O3. The van der Waals surface area contributed by atoms with Gasteiger partial charge in [-0.1, -0.05) is 11.6 Å². The number of hydrogen-bond donors (Lipinski definition) is 4. The van der Waals surface area contributed by atoms with Gasteiger partial charge in [0.1, 0.15) is 0 Å². The Hall–Kier alpha value is -1.34. The fraction of sp³-hybridized carbons (Fsp3) is 0.462. The number of halogens is 1. The zero-order valence-electron chi connectivity index (χ0n) is 11.3. The molecule has 1 aromatic rings. The maximum atomic E-state index is 12.2. The maximum absolute atomic E-state index is 12.2. The molecule has 7 heteroatoms. The van der Waals surface area contributed by atoms with E-state index in [0.717, 1.165) is 0 Å². The number of nitrogens with two attached hydrogens (primary N) is 1. The average molecular weight is 302 g/mol. The van der Waals surface area contributed by atoms with E-state index in [1.807, 2.05) is 0 Å². The third-order valence-corrected chi connectivity index (χ3v) is 3.21. The van der Waals surface area contributed by atoms with Crippen LogP contribution in [0.5, 0.6) is 0 Å². The highest BCUT2D eigenvalue weighted by Crippen LogP contribution is 2.23. The second-order valence-corrected chi connectivity index (χ2v) is 4.82. The largest absolute Gasteiger partial charge is 0.397 e. The number of anilines is 2. The molecule has 1 amide bonds. The summed E-state index contributed by atoms with van der Waals surface area (Å²) in [5, 5.41) is 21.1. The molecule has 0 heterocycles. The molecule has 0 saturated heterocycles. The van der Waals surface area contributed by atoms with Gasteiger partial charge in [0.25, 0.3) is 0 Å². The first-order valence-corrected chi connectivity index (χ1v) is 6.69. The number of aliphatic hydroxyl groups excluding tert-OH is 2. The van der Waals surface area contributed by atoms with Crippen molar-refractivity contribution in [3.8, 4) is 0 Å². The molecule has 0 radical (unpaired) electrons. The first-order valence-electron chi connectivity index (χ1n) is 6.31. The van der Waals surface area contributed by atoms with Gasteiger partial charge in [-0.3, -0.25) is 9.69 Å². The van der Waals surface area contributed by atoms with Crippen LogP contribution < -0.4 is 11.1 Å². The lowest BCUT2D eigenvalue weighted by Crippen LogP contribution is -2.44. The van der Waals surface area contributed by atoms with Crippen molar-refractivity contribution in [3.05, 3.63) is 23.2 Å². The van der Waals surface area contributed by atoms with Gasteiger partial charge in [0.2, 0.25) is 5.91 Å². The summed E-state index contributed by atoms with van der Waals surface area (Å²) < 4.78 is 0. The van der Waals surface area contributed by atoms with Crippen molar-refractivity contribution in [3.63, 3.8) is 0 Å². The number of benzene rings is 1. The van der Waals surface area contributed by atoms with Crippen molar-refractivity contribution in [2.45, 2.75) is 13.0 Å². The minimum absolute atomic E-state index is 0.0864. The third-order valence-electron chi connectivity index (χ3n) is 2.97. The highest BCUT2D eigenvalue weighted by molar-refractivity contribution is 6.31. The highest BCUT2D eigenvalue weighted by Gasteiger charge is 2.21. The molecule has 0 aliphatic carbocycles. The Morgan fingerprint density at radius 1 is 1.40 bits per heavy atom. The molecule has 1 atom stereocenters. The van der Waals surface area contributed by atoms with Crippen LogP contribution in [0.15, 0.2) is 18.2 Å². The van der Waals surface area contributed by atoms with E-state index in [-0.39, 0.29) is 19.1 Å². The molecule has 0 saturated carbocycles. The number of nitrogen functional groups attached to an aromatic ring is 1. The topological polar surface area (TPSA) is 98.8 Å². The van der Waals surface area contributed by atoms with Gasteiger partial charge >= 0.3 is 0 Å². The first kappa shape index (κ1) is 16.7. The van der Waals surface area contributed by atoms with Gasteiger partial charge in [0.15, 0.2) is 0 Å². The van der Waals surface area contributed by atoms with Crippen molar-refractivity contribution in [2.75, 3.05) is 37.4 Å². The van der Waals surface area contributed by atoms with E-state index < -0.39 is 6.04 Å². The number of aliphatic hydroxyl groups is 2. The van der Waals surface area contributed by atoms with Crippen LogP contribution >= 0.6 is 11.6 Å². The zero-order valence-corrected chi connectivity index (χ0v) is 12.1. The Balaban J connectivity index is 2.75. The van der Waals surface area contributed by atoms with Crippen molar-refractivity contribution < 1.29 is 15.0 Å². The Morgan fingerprint density at radius 3 is 2.55 bits per heavy atom. The minimum Gasteiger partial charge on any atom is -0.397 e. The molecule has 0 spiro atoms. The Morgan fingerprint density at radius 2 is 2.00 bits per heavy atom. The quantitative estimate of drug-likeness (QED) is 0.551. The van der Waals surface area contributed by atoms with Crippen LogP contribution in [0, 0.1) is 0 Å². The van der Waals surface area contributed by atoms with Crippen LogP contribution in [0.1, 0.15) is 6.92 Å². The summed E-state index contributed by atoms with van der Waals surface area (Å²) >= 11 is 5.86. The van der Waals surface area contributed by atoms with E-state index in [1.54, 1.807) is 30.0 Å². The normalized spacial score (nSPS) is 12.4. The average Bonchev–Trinajstić information content (AvgIpc) is 2.41. The predicted molar refractivity (Wildman–Crippen MR) is 79.7 cm³/mol. The summed E-state index contributed by atoms with van der Waals surface area (Å²) in [7, 11) is 0. The lowest BCUT2D eigenvalue weighted by molar-refractivity contribution is -0.121. The lowest BCUT2D eigenvalue weighted by Gasteiger charge is -2.26. The van der Waals surface area contributed by atoms with E-state index >= 15 is 0 Å². The summed E-state index contributed by atoms with van der Waals surface area (Å²) in [6.45, 7) is 2.13. The smallest absolute Gasteiger partial charge is 0.241 e. The first-order chi connectivity index (χ1) is 9.49. The Kier molecular flexibility index (Phi) is 6.74. The van der Waals surface area contributed by atoms with Gasteiger partial charge in [0, 0.05) is 18.1 Å². The Labute approximate surface area is 123 Å². The highest BCUT2D eigenvalue weighted by atomic mass is 35.5. The fourth-order valence-corrected chi connectivity index (χ4v) is 1.97. The molecule has 1 rings (SSSR count). The number of rotatable bonds is 7. The molecule has 112 valence electrons. The van der Waals surface area contributed by atoms with Crippen LogP contribution in [0.2, 0.25) is 5.02 Å². The molecule has 0 bridgehead atoms. The third kappa shape index (κ3) is 4.64. The van der Waals surface area contributed by atoms with Gasteiger partial charge in [-0.15, -0.1) is 0 Å². The van der Waals surface area contributed by atoms with Crippen LogP contribution in [0.3, 0.4) is 0 Å². The van der Waals surface area contributed by atoms with Crippen molar-refractivity contribution in [2.24, 2.45) is 0 Å². The molecule has 0 fully saturated rings. The second-order valence-electron chi connectivity index (χ2n) is 4.38. The van der Waals surface area contributed by atoms with Crippen molar-refractivity contribution in [1.29, 1.82) is 0 Å². The van der Waals surface area contributed by atoms with Crippen molar-refractivity contribution >= 4 is 28.9 Å². The second kappa shape index (κ2) is 8.06. The summed E-state index contributed by atoms with van der Waals surface area (Å²) in [5.41, 5.74) is 6.63. The van der Waals surface area contributed by atoms with Gasteiger partial charge in [-0.05, 0) is 25.1 Å². The number of hydrogen-bond acceptors (Lipinski definition) is 5. The summed E-state index contributed by atoms with van der Waals surface area (Å²) in [6.07, 6.45) is 0. The zero-order chi connectivity index (χ0) is 15.1. The van der Waals surface area contributed by atoms with Crippen molar-refractivity contribution in [1.82, 2.24) is 4.90 Å². The van der Waals surface area contributed by atoms with Crippen LogP contribution in [0.25, 0.3) is 0 Å². The SMILES string of the molecule is CC(C(=O)Nc1cc(Cl)ccc1N)N(CCO)CCO. The number of carbonyl (C=O) groups excluding carboxylic acids is 1. The molecule has 20 heavy (non-hydrogen) atoms. The van der Waals surface area contributed by atoms with E-state index in [2.05, 4.69) is 5.32 Å². The summed E-state index contributed by atoms with van der Waals surface area (Å²) in [6, 6.07) is 4.32. The van der Waals surface area contributed by atoms with Crippen LogP contribution in [0.4, 0.5) is 11.4 Å².